The van der Waals surface area contributed by atoms with Gasteiger partial charge in [-0.1, -0.05) is 34.1 Å². The topological polar surface area (TPSA) is 130 Å². The second-order valence-electron chi connectivity index (χ2n) is 7.47. The first-order valence-corrected chi connectivity index (χ1v) is 12.8. The Kier molecular flexibility index (Phi) is 6.86. The molecule has 2 aliphatic heterocycles. The lowest BCUT2D eigenvalue weighted by Gasteiger charge is -2.51. The van der Waals surface area contributed by atoms with Crippen molar-refractivity contribution in [1.82, 2.24) is 10.2 Å². The Morgan fingerprint density at radius 3 is 2.55 bits per heavy atom. The van der Waals surface area contributed by atoms with E-state index in [4.69, 9.17) is 0 Å². The second kappa shape index (κ2) is 9.65. The number of nitrogens with zero attached hydrogens (tertiary/aromatic N) is 2. The van der Waals surface area contributed by atoms with Crippen molar-refractivity contribution in [3.63, 3.8) is 0 Å². The van der Waals surface area contributed by atoms with E-state index in [1.165, 1.54) is 40.1 Å². The van der Waals surface area contributed by atoms with Gasteiger partial charge < -0.3 is 10.4 Å². The van der Waals surface area contributed by atoms with Crippen LogP contribution in [-0.4, -0.2) is 54.7 Å². The molecule has 2 amide bonds. The fraction of sp³-hybridized carbons (Fsp3) is 0.286. The van der Waals surface area contributed by atoms with Gasteiger partial charge in [-0.3, -0.25) is 24.6 Å². The van der Waals surface area contributed by atoms with Crippen LogP contribution in [0.25, 0.3) is 0 Å². The Morgan fingerprint density at radius 2 is 1.97 bits per heavy atom. The first-order chi connectivity index (χ1) is 15.8. The number of aliphatic carboxylic acids is 1. The number of β-lactam (4-membered cyclic amide) rings is 1. The average molecular weight is 552 g/mol. The van der Waals surface area contributed by atoms with Crippen molar-refractivity contribution in [2.45, 2.75) is 29.5 Å². The minimum Gasteiger partial charge on any atom is -0.477 e. The molecule has 1 saturated heterocycles. The molecule has 172 valence electrons. The minimum atomic E-state index is -1.21. The maximum absolute atomic E-state index is 12.8. The van der Waals surface area contributed by atoms with Crippen molar-refractivity contribution in [3.8, 4) is 0 Å². The lowest BCUT2D eigenvalue weighted by atomic mass is 9.98. The molecule has 12 heteroatoms. The van der Waals surface area contributed by atoms with Gasteiger partial charge in [0.05, 0.1) is 11.3 Å². The van der Waals surface area contributed by atoms with Gasteiger partial charge in [-0.15, -0.1) is 23.1 Å². The molecule has 0 saturated carbocycles. The molecule has 3 heterocycles. The normalized spacial score (nSPS) is 21.9. The summed E-state index contributed by atoms with van der Waals surface area (Å²) in [5, 5.41) is 24.8. The molecule has 4 rings (SSSR count). The number of halogens is 1. The summed E-state index contributed by atoms with van der Waals surface area (Å²) in [5.74, 6) is -1.95. The molecule has 1 aromatic heterocycles. The molecule has 1 fully saturated rings. The highest BCUT2D eigenvalue weighted by molar-refractivity contribution is 9.09. The Labute approximate surface area is 205 Å². The summed E-state index contributed by atoms with van der Waals surface area (Å²) in [6, 6.07) is 8.97. The third kappa shape index (κ3) is 4.68. The molecule has 2 N–H and O–H groups in total. The molecule has 9 nitrogen and oxygen atoms in total. The summed E-state index contributed by atoms with van der Waals surface area (Å²) in [6.07, 6.45) is 0.577. The zero-order valence-electron chi connectivity index (χ0n) is 17.0. The molecule has 2 aliphatic rings. The fourth-order valence-corrected chi connectivity index (χ4v) is 7.09. The molecule has 3 atom stereocenters. The van der Waals surface area contributed by atoms with Crippen LogP contribution in [0.5, 0.6) is 0 Å². The number of alkyl halides is 1. The number of carbonyl (C=O) groups excluding carboxylic acids is 2. The number of rotatable bonds is 8. The van der Waals surface area contributed by atoms with Gasteiger partial charge in [-0.05, 0) is 29.0 Å². The van der Waals surface area contributed by atoms with E-state index in [1.54, 1.807) is 12.1 Å². The zero-order chi connectivity index (χ0) is 23.7. The summed E-state index contributed by atoms with van der Waals surface area (Å²) in [6.45, 7) is 0. The Hall–Kier alpha value is -2.70. The molecule has 0 spiro atoms. The number of nitrogens with one attached hydrogen (secondary N) is 1. The monoisotopic (exact) mass is 551 g/mol. The number of hydrogen-bond acceptors (Lipinski definition) is 7. The maximum Gasteiger partial charge on any atom is 0.352 e. The lowest BCUT2D eigenvalue weighted by Crippen LogP contribution is -2.71. The van der Waals surface area contributed by atoms with E-state index < -0.39 is 28.2 Å². The molecule has 0 bridgehead atoms. The third-order valence-corrected chi connectivity index (χ3v) is 8.45. The average Bonchev–Trinajstić information content (AvgIpc) is 3.29. The third-order valence-electron chi connectivity index (χ3n) is 5.43. The maximum atomic E-state index is 12.8. The van der Waals surface area contributed by atoms with E-state index in [0.717, 1.165) is 10.4 Å². The van der Waals surface area contributed by atoms with Crippen molar-refractivity contribution in [3.05, 3.63) is 73.6 Å². The van der Waals surface area contributed by atoms with Crippen LogP contribution in [0.2, 0.25) is 0 Å². The van der Waals surface area contributed by atoms with E-state index in [1.807, 2.05) is 17.5 Å². The van der Waals surface area contributed by atoms with E-state index in [-0.39, 0.29) is 34.3 Å². The van der Waals surface area contributed by atoms with Crippen molar-refractivity contribution >= 4 is 62.5 Å². The predicted octanol–water partition coefficient (Wildman–Crippen LogP) is 2.94. The van der Waals surface area contributed by atoms with Crippen LogP contribution < -0.4 is 5.32 Å². The van der Waals surface area contributed by atoms with Crippen molar-refractivity contribution in [2.24, 2.45) is 0 Å². The first-order valence-electron chi connectivity index (χ1n) is 9.86. The first kappa shape index (κ1) is 23.5. The highest BCUT2D eigenvalue weighted by Gasteiger charge is 2.56. The number of nitro groups is 1. The predicted molar refractivity (Wildman–Crippen MR) is 127 cm³/mol. The Bertz CT molecular complexity index is 1140. The number of carboxylic acid groups (broad SMARTS) is 1. The van der Waals surface area contributed by atoms with Gasteiger partial charge in [0.15, 0.2) is 0 Å². The number of non-ortho nitro benzene ring substituents is 1. The van der Waals surface area contributed by atoms with Crippen molar-refractivity contribution in [2.75, 3.05) is 5.33 Å². The number of nitro benzene ring substituents is 1. The Balaban J connectivity index is 1.56. The number of thiophene rings is 1. The lowest BCUT2D eigenvalue weighted by molar-refractivity contribution is -0.384. The Morgan fingerprint density at radius 1 is 1.24 bits per heavy atom. The zero-order valence-corrected chi connectivity index (χ0v) is 20.2. The summed E-state index contributed by atoms with van der Waals surface area (Å²) in [5.41, 5.74) is 1.26. The molecule has 0 radical (unpaired) electrons. The molecule has 2 aromatic rings. The highest BCUT2D eigenvalue weighted by atomic mass is 79.9. The fourth-order valence-electron chi connectivity index (χ4n) is 3.86. The van der Waals surface area contributed by atoms with Crippen molar-refractivity contribution < 1.29 is 24.4 Å². The number of benzene rings is 1. The van der Waals surface area contributed by atoms with E-state index >= 15 is 0 Å². The quantitative estimate of drug-likeness (QED) is 0.223. The van der Waals surface area contributed by atoms with E-state index in [2.05, 4.69) is 21.2 Å². The molecule has 33 heavy (non-hydrogen) atoms. The highest BCUT2D eigenvalue weighted by Crippen LogP contribution is 2.45. The number of amides is 2. The summed E-state index contributed by atoms with van der Waals surface area (Å²) >= 11 is 6.21. The van der Waals surface area contributed by atoms with Gasteiger partial charge in [0.2, 0.25) is 5.91 Å². The largest absolute Gasteiger partial charge is 0.477 e. The van der Waals surface area contributed by atoms with Gasteiger partial charge in [-0.25, -0.2) is 4.79 Å². The van der Waals surface area contributed by atoms with Crippen molar-refractivity contribution in [1.29, 1.82) is 0 Å². The molecular formula is C21H18BrN3O6S2. The van der Waals surface area contributed by atoms with Gasteiger partial charge in [0, 0.05) is 27.6 Å². The SMILES string of the molecule is O=C(Cc1cccs1)NC1C(=O)N2C(C(=O)O)=C(CBr)C(Cc3ccc([N+](=O)[O-])cc3)S[C@H]12. The van der Waals surface area contributed by atoms with Crippen LogP contribution in [0.1, 0.15) is 10.4 Å². The van der Waals surface area contributed by atoms with Gasteiger partial charge in [-0.2, -0.15) is 0 Å². The van der Waals surface area contributed by atoms with Gasteiger partial charge in [0.1, 0.15) is 17.1 Å². The number of hydrogen-bond donors (Lipinski definition) is 2. The van der Waals surface area contributed by atoms with Crippen LogP contribution in [0.15, 0.2) is 53.0 Å². The summed E-state index contributed by atoms with van der Waals surface area (Å²) < 4.78 is 0. The standard InChI is InChI=1S/C21H18BrN3O6S2/c22-10-14-15(8-11-3-5-12(6-4-11)25(30)31)33-20-17(19(27)24(20)18(14)21(28)29)23-16(26)9-13-2-1-7-32-13/h1-7,15,17,20H,8-10H2,(H,23,26)(H,28,29)/t15?,17?,20-/m1/s1. The van der Waals surface area contributed by atoms with Crippen LogP contribution in [0.4, 0.5) is 5.69 Å². The van der Waals surface area contributed by atoms with Crippen LogP contribution in [-0.2, 0) is 27.2 Å². The number of thioether (sulfide) groups is 1. The number of carbonyl (C=O) groups is 3. The van der Waals surface area contributed by atoms with Crippen LogP contribution >= 0.6 is 39.0 Å². The number of fused-ring (bicyclic) bond motifs is 1. The van der Waals surface area contributed by atoms with E-state index in [9.17, 15) is 29.6 Å². The van der Waals surface area contributed by atoms with Crippen LogP contribution in [0.3, 0.4) is 0 Å². The molecule has 0 aliphatic carbocycles. The van der Waals surface area contributed by atoms with E-state index in [0.29, 0.717) is 12.0 Å². The minimum absolute atomic E-state index is 0.0261. The van der Waals surface area contributed by atoms with Crippen LogP contribution in [0, 0.1) is 10.1 Å². The molecular weight excluding hydrogens is 534 g/mol. The number of carboxylic acids is 1. The summed E-state index contributed by atoms with van der Waals surface area (Å²) in [7, 11) is 0. The second-order valence-corrected chi connectivity index (χ2v) is 10.4. The van der Waals surface area contributed by atoms with Gasteiger partial charge in [0.25, 0.3) is 11.6 Å². The summed E-state index contributed by atoms with van der Waals surface area (Å²) in [4.78, 5) is 49.9. The molecule has 2 unspecified atom stereocenters. The smallest absolute Gasteiger partial charge is 0.352 e. The molecule has 1 aromatic carbocycles. The van der Waals surface area contributed by atoms with Gasteiger partial charge >= 0.3 is 5.97 Å².